The van der Waals surface area contributed by atoms with Gasteiger partial charge in [-0.05, 0) is 42.5 Å². The van der Waals surface area contributed by atoms with E-state index in [0.717, 1.165) is 30.2 Å². The van der Waals surface area contributed by atoms with Crippen LogP contribution >= 0.6 is 0 Å². The van der Waals surface area contributed by atoms with Crippen LogP contribution in [0.1, 0.15) is 22.0 Å². The highest BCUT2D eigenvalue weighted by atomic mass is 19.1. The number of benzene rings is 2. The lowest BCUT2D eigenvalue weighted by Crippen LogP contribution is -3.15. The molecule has 2 aromatic rings. The molecule has 4 rings (SSSR count). The first-order valence-electron chi connectivity index (χ1n) is 9.06. The molecule has 0 radical (unpaired) electrons. The lowest BCUT2D eigenvalue weighted by atomic mass is 10.0. The zero-order valence-electron chi connectivity index (χ0n) is 14.9. The van der Waals surface area contributed by atoms with Gasteiger partial charge in [0.25, 0.3) is 5.91 Å². The summed E-state index contributed by atoms with van der Waals surface area (Å²) < 4.78 is 29.4. The molecule has 27 heavy (non-hydrogen) atoms. The zero-order valence-corrected chi connectivity index (χ0v) is 14.9. The van der Waals surface area contributed by atoms with Gasteiger partial charge in [-0.15, -0.1) is 0 Å². The summed E-state index contributed by atoms with van der Waals surface area (Å²) in [6, 6.07) is 11.5. The third-order valence-corrected chi connectivity index (χ3v) is 5.00. The quantitative estimate of drug-likeness (QED) is 0.819. The second kappa shape index (κ2) is 7.94. The first-order valence-corrected chi connectivity index (χ1v) is 9.06. The molecule has 0 saturated carbocycles. The Morgan fingerprint density at radius 3 is 2.59 bits per heavy atom. The Morgan fingerprint density at radius 1 is 1.07 bits per heavy atom. The van der Waals surface area contributed by atoms with Crippen molar-refractivity contribution in [2.24, 2.45) is 0 Å². The van der Waals surface area contributed by atoms with Crippen molar-refractivity contribution < 1.29 is 28.3 Å². The van der Waals surface area contributed by atoms with Crippen molar-refractivity contribution in [3.63, 3.8) is 0 Å². The fraction of sp³-hybridized carbons (Fsp3) is 0.350. The van der Waals surface area contributed by atoms with Gasteiger partial charge in [-0.1, -0.05) is 0 Å². The van der Waals surface area contributed by atoms with Gasteiger partial charge in [0.05, 0.1) is 19.8 Å². The molecule has 0 spiro atoms. The van der Waals surface area contributed by atoms with Crippen molar-refractivity contribution in [1.82, 2.24) is 5.32 Å². The minimum Gasteiger partial charge on any atom is -0.454 e. The summed E-state index contributed by atoms with van der Waals surface area (Å²) in [6.45, 7) is 3.82. The van der Waals surface area contributed by atoms with Gasteiger partial charge in [-0.2, -0.15) is 0 Å². The molecule has 0 aliphatic carbocycles. The summed E-state index contributed by atoms with van der Waals surface area (Å²) in [5.74, 6) is 0.899. The Kier molecular flexibility index (Phi) is 5.22. The number of morpholine rings is 1. The molecule has 1 atom stereocenters. The van der Waals surface area contributed by atoms with Gasteiger partial charge < -0.3 is 24.4 Å². The normalized spacial score (nSPS) is 17.5. The van der Waals surface area contributed by atoms with E-state index in [-0.39, 0.29) is 24.6 Å². The van der Waals surface area contributed by atoms with E-state index >= 15 is 0 Å². The molecule has 1 amide bonds. The number of nitrogens with one attached hydrogen (secondary N) is 2. The van der Waals surface area contributed by atoms with Crippen molar-refractivity contribution in [3.05, 3.63) is 59.4 Å². The van der Waals surface area contributed by atoms with Crippen LogP contribution in [0.5, 0.6) is 11.5 Å². The monoisotopic (exact) mass is 373 g/mol. The third-order valence-electron chi connectivity index (χ3n) is 5.00. The summed E-state index contributed by atoms with van der Waals surface area (Å²) in [6.07, 6.45) is 0. The maximum absolute atomic E-state index is 13.1. The van der Waals surface area contributed by atoms with E-state index in [1.165, 1.54) is 29.2 Å². The van der Waals surface area contributed by atoms with Crippen LogP contribution in [0.25, 0.3) is 0 Å². The molecule has 0 unspecified atom stereocenters. The predicted octanol–water partition coefficient (Wildman–Crippen LogP) is 0.941. The fourth-order valence-corrected chi connectivity index (χ4v) is 3.51. The third kappa shape index (κ3) is 4.04. The number of rotatable bonds is 5. The van der Waals surface area contributed by atoms with Crippen LogP contribution in [0, 0.1) is 5.82 Å². The molecule has 2 aliphatic heterocycles. The molecule has 2 N–H and O–H groups in total. The highest BCUT2D eigenvalue weighted by Crippen LogP contribution is 2.33. The van der Waals surface area contributed by atoms with Crippen molar-refractivity contribution in [3.8, 4) is 11.5 Å². The van der Waals surface area contributed by atoms with Crippen LogP contribution in [-0.4, -0.2) is 45.5 Å². The van der Waals surface area contributed by atoms with Gasteiger partial charge in [0, 0.05) is 11.1 Å². The van der Waals surface area contributed by atoms with Crippen molar-refractivity contribution in [1.29, 1.82) is 0 Å². The fourth-order valence-electron chi connectivity index (χ4n) is 3.51. The van der Waals surface area contributed by atoms with Gasteiger partial charge in [0.15, 0.2) is 11.5 Å². The number of amides is 1. The van der Waals surface area contributed by atoms with E-state index in [1.807, 2.05) is 18.2 Å². The number of quaternary nitrogens is 1. The van der Waals surface area contributed by atoms with Crippen LogP contribution in [0.4, 0.5) is 4.39 Å². The second-order valence-corrected chi connectivity index (χ2v) is 6.65. The molecule has 7 heteroatoms. The number of halogens is 1. The van der Waals surface area contributed by atoms with Crippen LogP contribution in [-0.2, 0) is 4.74 Å². The van der Waals surface area contributed by atoms with Crippen LogP contribution < -0.4 is 19.7 Å². The highest BCUT2D eigenvalue weighted by molar-refractivity contribution is 5.94. The minimum absolute atomic E-state index is 0.0628. The molecular weight excluding hydrogens is 351 g/mol. The van der Waals surface area contributed by atoms with E-state index in [9.17, 15) is 9.18 Å². The lowest BCUT2D eigenvalue weighted by Gasteiger charge is -2.32. The summed E-state index contributed by atoms with van der Waals surface area (Å²) in [7, 11) is 0. The van der Waals surface area contributed by atoms with Crippen LogP contribution in [0.15, 0.2) is 42.5 Å². The average molecular weight is 373 g/mol. The van der Waals surface area contributed by atoms with Crippen LogP contribution in [0.3, 0.4) is 0 Å². The number of ether oxygens (including phenoxy) is 3. The SMILES string of the molecule is O=C(NC[C@H](c1ccc2c(c1)OCO2)[NH+]1CCOCC1)c1ccc(F)cc1. The second-order valence-electron chi connectivity index (χ2n) is 6.65. The standard InChI is InChI=1S/C20H21FN2O4/c21-16-4-1-14(2-5-16)20(24)22-12-17(23-7-9-25-10-8-23)15-3-6-18-19(11-15)27-13-26-18/h1-6,11,17H,7-10,12-13H2,(H,22,24)/p+1/t17-/m1/s1. The Balaban J connectivity index is 1.51. The van der Waals surface area contributed by atoms with Crippen molar-refractivity contribution in [2.75, 3.05) is 39.6 Å². The van der Waals surface area contributed by atoms with Gasteiger partial charge in [0.2, 0.25) is 6.79 Å². The van der Waals surface area contributed by atoms with Crippen LogP contribution in [0.2, 0.25) is 0 Å². The zero-order chi connectivity index (χ0) is 18.6. The molecule has 2 aromatic carbocycles. The Labute approximate surface area is 156 Å². The van der Waals surface area contributed by atoms with Crippen molar-refractivity contribution in [2.45, 2.75) is 6.04 Å². The summed E-state index contributed by atoms with van der Waals surface area (Å²) in [5.41, 5.74) is 1.52. The number of fused-ring (bicyclic) bond motifs is 1. The predicted molar refractivity (Wildman–Crippen MR) is 95.6 cm³/mol. The molecule has 2 aliphatic rings. The molecule has 142 valence electrons. The van der Waals surface area contributed by atoms with E-state index < -0.39 is 0 Å². The van der Waals surface area contributed by atoms with E-state index in [1.54, 1.807) is 0 Å². The summed E-state index contributed by atoms with van der Waals surface area (Å²) in [5, 5.41) is 2.99. The number of carbonyl (C=O) groups excluding carboxylic acids is 1. The Bertz CT molecular complexity index is 806. The Morgan fingerprint density at radius 2 is 1.81 bits per heavy atom. The summed E-state index contributed by atoms with van der Waals surface area (Å²) >= 11 is 0. The number of hydrogen-bond acceptors (Lipinski definition) is 4. The minimum atomic E-state index is -0.359. The molecular formula is C20H22FN2O4+. The first kappa shape index (κ1) is 17.8. The largest absolute Gasteiger partial charge is 0.454 e. The number of carbonyl (C=O) groups is 1. The molecule has 6 nitrogen and oxygen atoms in total. The molecule has 1 saturated heterocycles. The molecule has 0 aromatic heterocycles. The number of hydrogen-bond donors (Lipinski definition) is 2. The summed E-state index contributed by atoms with van der Waals surface area (Å²) in [4.78, 5) is 13.8. The Hall–Kier alpha value is -2.64. The van der Waals surface area contributed by atoms with Crippen molar-refractivity contribution >= 4 is 5.91 Å². The smallest absolute Gasteiger partial charge is 0.251 e. The molecule has 1 fully saturated rings. The van der Waals surface area contributed by atoms with E-state index in [4.69, 9.17) is 14.2 Å². The van der Waals surface area contributed by atoms with E-state index in [2.05, 4.69) is 5.32 Å². The highest BCUT2D eigenvalue weighted by Gasteiger charge is 2.28. The maximum atomic E-state index is 13.1. The average Bonchev–Trinajstić information content (AvgIpc) is 3.17. The molecule has 0 bridgehead atoms. The van der Waals surface area contributed by atoms with Gasteiger partial charge in [-0.3, -0.25) is 4.79 Å². The van der Waals surface area contributed by atoms with Gasteiger partial charge in [0.1, 0.15) is 24.9 Å². The van der Waals surface area contributed by atoms with E-state index in [0.29, 0.717) is 25.3 Å². The van der Waals surface area contributed by atoms with Gasteiger partial charge in [-0.25, -0.2) is 4.39 Å². The van der Waals surface area contributed by atoms with Gasteiger partial charge >= 0.3 is 0 Å². The molecule has 2 heterocycles. The first-order chi connectivity index (χ1) is 13.2. The topological polar surface area (TPSA) is 61.2 Å². The lowest BCUT2D eigenvalue weighted by molar-refractivity contribution is -0.937. The maximum Gasteiger partial charge on any atom is 0.251 e.